The molecular formula is C21H22O10. The number of ketones is 2. The van der Waals surface area contributed by atoms with E-state index in [4.69, 9.17) is 9.47 Å². The van der Waals surface area contributed by atoms with Crippen molar-refractivity contribution in [1.82, 2.24) is 0 Å². The smallest absolute Gasteiger partial charge is 0.229 e. The summed E-state index contributed by atoms with van der Waals surface area (Å²) in [5.41, 5.74) is 0.236. The minimum Gasteiger partial charge on any atom is -0.511 e. The maximum Gasteiger partial charge on any atom is 0.229 e. The zero-order chi connectivity index (χ0) is 22.4. The third-order valence-corrected chi connectivity index (χ3v) is 5.80. The SMILES string of the molecule is O=C1c2c(O[C@@H]3O[C@H](CO)[C@@H](O)[C@H](O)[C@H]3O)cccc2C(=O)[C@H]2C=C(CO)C=C(O)[C@@H]12. The first-order chi connectivity index (χ1) is 14.8. The lowest BCUT2D eigenvalue weighted by Crippen LogP contribution is -2.60. The zero-order valence-electron chi connectivity index (χ0n) is 16.2. The Labute approximate surface area is 176 Å². The molecule has 0 aromatic heterocycles. The number of ether oxygens (including phenoxy) is 2. The van der Waals surface area contributed by atoms with Crippen molar-refractivity contribution in [2.24, 2.45) is 11.8 Å². The molecule has 10 nitrogen and oxygen atoms in total. The molecule has 0 amide bonds. The lowest BCUT2D eigenvalue weighted by Gasteiger charge is -2.40. The van der Waals surface area contributed by atoms with E-state index in [1.807, 2.05) is 0 Å². The van der Waals surface area contributed by atoms with Crippen molar-refractivity contribution < 1.29 is 49.7 Å². The first-order valence-electron chi connectivity index (χ1n) is 9.69. The lowest BCUT2D eigenvalue weighted by atomic mass is 9.70. The number of carbonyl (C=O) groups excluding carboxylic acids is 2. The van der Waals surface area contributed by atoms with Crippen molar-refractivity contribution in [3.63, 3.8) is 0 Å². The number of rotatable bonds is 4. The number of fused-ring (bicyclic) bond motifs is 2. The Kier molecular flexibility index (Phi) is 5.69. The van der Waals surface area contributed by atoms with Crippen LogP contribution >= 0.6 is 0 Å². The first-order valence-corrected chi connectivity index (χ1v) is 9.69. The minimum absolute atomic E-state index is 0.0385. The highest BCUT2D eigenvalue weighted by molar-refractivity contribution is 6.19. The van der Waals surface area contributed by atoms with E-state index in [1.165, 1.54) is 30.4 Å². The quantitative estimate of drug-likeness (QED) is 0.340. The number of aliphatic hydroxyl groups is 6. The molecule has 1 aromatic carbocycles. The predicted octanol–water partition coefficient (Wildman–Crippen LogP) is -1.15. The van der Waals surface area contributed by atoms with E-state index in [0.717, 1.165) is 0 Å². The summed E-state index contributed by atoms with van der Waals surface area (Å²) in [5.74, 6) is -3.69. The summed E-state index contributed by atoms with van der Waals surface area (Å²) >= 11 is 0. The highest BCUT2D eigenvalue weighted by Crippen LogP contribution is 2.41. The van der Waals surface area contributed by atoms with Gasteiger partial charge in [0.25, 0.3) is 0 Å². The van der Waals surface area contributed by atoms with Crippen LogP contribution in [0.15, 0.2) is 41.7 Å². The number of allylic oxidation sites excluding steroid dienone is 2. The fourth-order valence-corrected chi connectivity index (χ4v) is 4.18. The molecular weight excluding hydrogens is 412 g/mol. The van der Waals surface area contributed by atoms with E-state index in [1.54, 1.807) is 0 Å². The van der Waals surface area contributed by atoms with Gasteiger partial charge in [-0.2, -0.15) is 0 Å². The number of hydrogen-bond donors (Lipinski definition) is 6. The molecule has 1 heterocycles. The Hall–Kier alpha value is -2.60. The second-order valence-electron chi connectivity index (χ2n) is 7.69. The highest BCUT2D eigenvalue weighted by atomic mass is 16.7. The molecule has 0 bridgehead atoms. The van der Waals surface area contributed by atoms with Crippen LogP contribution < -0.4 is 4.74 Å². The summed E-state index contributed by atoms with van der Waals surface area (Å²) in [6, 6.07) is 4.25. The summed E-state index contributed by atoms with van der Waals surface area (Å²) < 4.78 is 10.9. The molecule has 7 atom stereocenters. The van der Waals surface area contributed by atoms with Gasteiger partial charge < -0.3 is 40.1 Å². The third-order valence-electron chi connectivity index (χ3n) is 5.80. The lowest BCUT2D eigenvalue weighted by molar-refractivity contribution is -0.277. The van der Waals surface area contributed by atoms with Gasteiger partial charge in [0.2, 0.25) is 6.29 Å². The second kappa shape index (κ2) is 8.15. The van der Waals surface area contributed by atoms with Crippen LogP contribution in [0.3, 0.4) is 0 Å². The van der Waals surface area contributed by atoms with E-state index in [2.05, 4.69) is 0 Å². The molecule has 0 radical (unpaired) electrons. The van der Waals surface area contributed by atoms with Crippen LogP contribution in [0.5, 0.6) is 5.75 Å². The van der Waals surface area contributed by atoms with Gasteiger partial charge in [-0.1, -0.05) is 18.2 Å². The van der Waals surface area contributed by atoms with E-state index in [0.29, 0.717) is 5.57 Å². The predicted molar refractivity (Wildman–Crippen MR) is 102 cm³/mol. The van der Waals surface area contributed by atoms with Crippen LogP contribution in [-0.4, -0.2) is 86.1 Å². The largest absolute Gasteiger partial charge is 0.511 e. The fraction of sp³-hybridized carbons (Fsp3) is 0.429. The molecule has 1 saturated heterocycles. The van der Waals surface area contributed by atoms with Gasteiger partial charge in [-0.3, -0.25) is 9.59 Å². The Bertz CT molecular complexity index is 965. The highest BCUT2D eigenvalue weighted by Gasteiger charge is 2.48. The van der Waals surface area contributed by atoms with Gasteiger partial charge in [0.1, 0.15) is 35.9 Å². The van der Waals surface area contributed by atoms with E-state index >= 15 is 0 Å². The number of hydrogen-bond acceptors (Lipinski definition) is 10. The second-order valence-corrected chi connectivity index (χ2v) is 7.69. The average Bonchev–Trinajstić information content (AvgIpc) is 2.77. The molecule has 0 unspecified atom stereocenters. The van der Waals surface area contributed by atoms with E-state index in [9.17, 15) is 40.2 Å². The Balaban J connectivity index is 1.71. The minimum atomic E-state index is -1.70. The Morgan fingerprint density at radius 3 is 2.42 bits per heavy atom. The van der Waals surface area contributed by atoms with Crippen molar-refractivity contribution in [2.75, 3.05) is 13.2 Å². The van der Waals surface area contributed by atoms with Crippen LogP contribution in [0.25, 0.3) is 0 Å². The van der Waals surface area contributed by atoms with Gasteiger partial charge in [0.05, 0.1) is 30.6 Å². The molecule has 1 aromatic rings. The van der Waals surface area contributed by atoms with Gasteiger partial charge in [0, 0.05) is 5.56 Å². The van der Waals surface area contributed by atoms with Crippen LogP contribution in [0.2, 0.25) is 0 Å². The first kappa shape index (κ1) is 21.6. The van der Waals surface area contributed by atoms with Crippen molar-refractivity contribution in [2.45, 2.75) is 30.7 Å². The monoisotopic (exact) mass is 434 g/mol. The topological polar surface area (TPSA) is 174 Å². The molecule has 0 saturated carbocycles. The average molecular weight is 434 g/mol. The normalized spacial score (nSPS) is 35.1. The molecule has 1 aliphatic heterocycles. The fourth-order valence-electron chi connectivity index (χ4n) is 4.18. The number of carbonyl (C=O) groups is 2. The number of Topliss-reactive ketones (excluding diaryl/α,β-unsaturated/α-hetero) is 2. The molecule has 0 spiro atoms. The van der Waals surface area contributed by atoms with Crippen LogP contribution in [0.4, 0.5) is 0 Å². The Morgan fingerprint density at radius 2 is 1.74 bits per heavy atom. The summed E-state index contributed by atoms with van der Waals surface area (Å²) in [6.07, 6.45) is -5.03. The van der Waals surface area contributed by atoms with Crippen LogP contribution in [0.1, 0.15) is 20.7 Å². The van der Waals surface area contributed by atoms with E-state index < -0.39 is 67.3 Å². The van der Waals surface area contributed by atoms with Crippen LogP contribution in [-0.2, 0) is 4.74 Å². The van der Waals surface area contributed by atoms with Crippen molar-refractivity contribution in [3.05, 3.63) is 52.8 Å². The molecule has 6 N–H and O–H groups in total. The van der Waals surface area contributed by atoms with Gasteiger partial charge >= 0.3 is 0 Å². The van der Waals surface area contributed by atoms with Gasteiger partial charge in [0.15, 0.2) is 11.6 Å². The number of benzene rings is 1. The number of aliphatic hydroxyl groups excluding tert-OH is 6. The van der Waals surface area contributed by atoms with Gasteiger partial charge in [-0.15, -0.1) is 0 Å². The zero-order valence-corrected chi connectivity index (χ0v) is 16.2. The van der Waals surface area contributed by atoms with Gasteiger partial charge in [-0.25, -0.2) is 0 Å². The summed E-state index contributed by atoms with van der Waals surface area (Å²) in [6.45, 7) is -1.06. The van der Waals surface area contributed by atoms with Gasteiger partial charge in [-0.05, 0) is 17.7 Å². The summed E-state index contributed by atoms with van der Waals surface area (Å²) in [7, 11) is 0. The summed E-state index contributed by atoms with van der Waals surface area (Å²) in [4.78, 5) is 26.3. The van der Waals surface area contributed by atoms with Crippen LogP contribution in [0, 0.1) is 11.8 Å². The van der Waals surface area contributed by atoms with Crippen molar-refractivity contribution in [1.29, 1.82) is 0 Å². The third kappa shape index (κ3) is 3.47. The molecule has 3 aliphatic rings. The standard InChI is InChI=1S/C21H22O10/c22-6-8-4-10-14(11(24)5-8)18(27)15-9(16(10)25)2-1-3-12(15)30-21-20(29)19(28)17(26)13(7-23)31-21/h1-5,10,13-14,17,19-24,26,28-29H,6-7H2/t10-,13+,14-,17+,19-,20+,21+/m0/s1. The molecule has 4 rings (SSSR count). The van der Waals surface area contributed by atoms with E-state index in [-0.39, 0.29) is 22.6 Å². The molecule has 2 aliphatic carbocycles. The summed E-state index contributed by atoms with van der Waals surface area (Å²) in [5, 5.41) is 59.1. The molecule has 1 fully saturated rings. The molecule has 10 heteroatoms. The van der Waals surface area contributed by atoms with Crippen molar-refractivity contribution in [3.8, 4) is 5.75 Å². The molecule has 31 heavy (non-hydrogen) atoms. The maximum atomic E-state index is 13.2. The van der Waals surface area contributed by atoms with Crippen molar-refractivity contribution >= 4 is 11.6 Å². The Morgan fingerprint density at radius 1 is 1.00 bits per heavy atom. The maximum absolute atomic E-state index is 13.2. The molecule has 166 valence electrons.